The second-order valence-corrected chi connectivity index (χ2v) is 9.91. The van der Waals surface area contributed by atoms with Crippen LogP contribution in [0.3, 0.4) is 0 Å². The predicted octanol–water partition coefficient (Wildman–Crippen LogP) is 4.32. The van der Waals surface area contributed by atoms with Crippen LogP contribution in [0.25, 0.3) is 0 Å². The third-order valence-corrected chi connectivity index (χ3v) is 4.50. The standard InChI is InChI=1S/C22H38N2O/c1-21(2,3)17-19-7-9-20(10-8-19)25-16-15-23-11-13-24(14-12-23)18-22(4,5)6/h7-10H,11-18H2,1-6H3. The lowest BCUT2D eigenvalue weighted by Gasteiger charge is -2.37. The Morgan fingerprint density at radius 2 is 1.36 bits per heavy atom. The van der Waals surface area contributed by atoms with Crippen LogP contribution in [0.2, 0.25) is 0 Å². The number of ether oxygens (including phenoxy) is 1. The highest BCUT2D eigenvalue weighted by Gasteiger charge is 2.21. The molecule has 1 aromatic carbocycles. The van der Waals surface area contributed by atoms with Gasteiger partial charge in [0.2, 0.25) is 0 Å². The lowest BCUT2D eigenvalue weighted by molar-refractivity contribution is 0.0926. The zero-order chi connectivity index (χ0) is 18.5. The van der Waals surface area contributed by atoms with Crippen molar-refractivity contribution in [1.29, 1.82) is 0 Å². The maximum Gasteiger partial charge on any atom is 0.119 e. The first-order chi connectivity index (χ1) is 11.6. The third kappa shape index (κ3) is 8.24. The summed E-state index contributed by atoms with van der Waals surface area (Å²) in [6, 6.07) is 8.63. The van der Waals surface area contributed by atoms with Crippen molar-refractivity contribution in [2.75, 3.05) is 45.9 Å². The average molecular weight is 347 g/mol. The summed E-state index contributed by atoms with van der Waals surface area (Å²) in [6.45, 7) is 21.4. The lowest BCUT2D eigenvalue weighted by atomic mass is 9.88. The molecule has 0 unspecified atom stereocenters. The Labute approximate surface area is 155 Å². The number of hydrogen-bond acceptors (Lipinski definition) is 3. The first-order valence-electron chi connectivity index (χ1n) is 9.77. The van der Waals surface area contributed by atoms with Crippen LogP contribution in [-0.4, -0.2) is 55.7 Å². The molecule has 3 heteroatoms. The van der Waals surface area contributed by atoms with Gasteiger partial charge >= 0.3 is 0 Å². The van der Waals surface area contributed by atoms with E-state index in [9.17, 15) is 0 Å². The number of nitrogens with zero attached hydrogens (tertiary/aromatic N) is 2. The van der Waals surface area contributed by atoms with Gasteiger partial charge in [0, 0.05) is 39.3 Å². The second kappa shape index (κ2) is 8.55. The predicted molar refractivity (Wildman–Crippen MR) is 107 cm³/mol. The number of benzene rings is 1. The van der Waals surface area contributed by atoms with Crippen LogP contribution in [0.5, 0.6) is 5.75 Å². The third-order valence-electron chi connectivity index (χ3n) is 4.50. The van der Waals surface area contributed by atoms with E-state index in [1.54, 1.807) is 0 Å². The Hall–Kier alpha value is -1.06. The topological polar surface area (TPSA) is 15.7 Å². The van der Waals surface area contributed by atoms with Crippen molar-refractivity contribution in [2.45, 2.75) is 48.0 Å². The molecule has 0 aromatic heterocycles. The molecule has 0 radical (unpaired) electrons. The average Bonchev–Trinajstić information content (AvgIpc) is 2.48. The van der Waals surface area contributed by atoms with E-state index in [0.29, 0.717) is 10.8 Å². The van der Waals surface area contributed by atoms with E-state index < -0.39 is 0 Å². The summed E-state index contributed by atoms with van der Waals surface area (Å²) in [4.78, 5) is 5.11. The lowest BCUT2D eigenvalue weighted by Crippen LogP contribution is -2.49. The number of rotatable bonds is 6. The first kappa shape index (κ1) is 20.3. The molecule has 142 valence electrons. The van der Waals surface area contributed by atoms with E-state index in [0.717, 1.165) is 38.4 Å². The Bertz CT molecular complexity index is 502. The van der Waals surface area contributed by atoms with Crippen LogP contribution in [0.1, 0.15) is 47.1 Å². The summed E-state index contributed by atoms with van der Waals surface area (Å²) in [5, 5.41) is 0. The van der Waals surface area contributed by atoms with E-state index >= 15 is 0 Å². The van der Waals surface area contributed by atoms with Crippen LogP contribution >= 0.6 is 0 Å². The highest BCUT2D eigenvalue weighted by molar-refractivity contribution is 5.27. The van der Waals surface area contributed by atoms with Crippen molar-refractivity contribution in [3.63, 3.8) is 0 Å². The molecule has 1 fully saturated rings. The first-order valence-corrected chi connectivity index (χ1v) is 9.77. The SMILES string of the molecule is CC(C)(C)Cc1ccc(OCCN2CCN(CC(C)(C)C)CC2)cc1. The molecule has 1 aromatic rings. The van der Waals surface area contributed by atoms with Crippen molar-refractivity contribution < 1.29 is 4.74 Å². The van der Waals surface area contributed by atoms with Gasteiger partial charge in [-0.2, -0.15) is 0 Å². The fraction of sp³-hybridized carbons (Fsp3) is 0.727. The molecule has 0 amide bonds. The fourth-order valence-electron chi connectivity index (χ4n) is 3.45. The van der Waals surface area contributed by atoms with Gasteiger partial charge in [-0.15, -0.1) is 0 Å². The largest absolute Gasteiger partial charge is 0.492 e. The van der Waals surface area contributed by atoms with Crippen molar-refractivity contribution in [1.82, 2.24) is 9.80 Å². The Balaban J connectivity index is 1.66. The maximum absolute atomic E-state index is 5.95. The van der Waals surface area contributed by atoms with Gasteiger partial charge in [-0.25, -0.2) is 0 Å². The summed E-state index contributed by atoms with van der Waals surface area (Å²) >= 11 is 0. The van der Waals surface area contributed by atoms with Crippen molar-refractivity contribution in [3.05, 3.63) is 29.8 Å². The minimum Gasteiger partial charge on any atom is -0.492 e. The Morgan fingerprint density at radius 3 is 1.88 bits per heavy atom. The normalized spacial score (nSPS) is 17.7. The van der Waals surface area contributed by atoms with Crippen molar-refractivity contribution >= 4 is 0 Å². The Kier molecular flexibility index (Phi) is 6.93. The highest BCUT2D eigenvalue weighted by Crippen LogP contribution is 2.22. The molecule has 0 aliphatic carbocycles. The maximum atomic E-state index is 5.95. The van der Waals surface area contributed by atoms with E-state index in [1.165, 1.54) is 25.2 Å². The van der Waals surface area contributed by atoms with Crippen molar-refractivity contribution in [3.8, 4) is 5.75 Å². The molecule has 1 aliphatic rings. The second-order valence-electron chi connectivity index (χ2n) is 9.91. The van der Waals surface area contributed by atoms with Gasteiger partial charge in [0.25, 0.3) is 0 Å². The molecular weight excluding hydrogens is 308 g/mol. The molecule has 0 N–H and O–H groups in total. The minimum atomic E-state index is 0.331. The quantitative estimate of drug-likeness (QED) is 0.763. The van der Waals surface area contributed by atoms with E-state index in [2.05, 4.69) is 75.6 Å². The van der Waals surface area contributed by atoms with Gasteiger partial charge < -0.3 is 9.64 Å². The molecule has 0 spiro atoms. The molecule has 2 rings (SSSR count). The molecule has 1 heterocycles. The summed E-state index contributed by atoms with van der Waals surface area (Å²) in [6.07, 6.45) is 1.10. The molecule has 0 saturated carbocycles. The van der Waals surface area contributed by atoms with Gasteiger partial charge in [-0.05, 0) is 34.9 Å². The van der Waals surface area contributed by atoms with Gasteiger partial charge in [-0.1, -0.05) is 53.7 Å². The van der Waals surface area contributed by atoms with Crippen molar-refractivity contribution in [2.24, 2.45) is 10.8 Å². The van der Waals surface area contributed by atoms with Gasteiger partial charge in [0.05, 0.1) is 0 Å². The van der Waals surface area contributed by atoms with Crippen LogP contribution in [-0.2, 0) is 6.42 Å². The van der Waals surface area contributed by atoms with E-state index in [-0.39, 0.29) is 0 Å². The van der Waals surface area contributed by atoms with Gasteiger partial charge in [0.1, 0.15) is 12.4 Å². The number of piperazine rings is 1. The zero-order valence-electron chi connectivity index (χ0n) is 17.3. The summed E-state index contributed by atoms with van der Waals surface area (Å²) in [5.74, 6) is 0.990. The molecule has 3 nitrogen and oxygen atoms in total. The summed E-state index contributed by atoms with van der Waals surface area (Å²) in [7, 11) is 0. The molecule has 0 atom stereocenters. The van der Waals surface area contributed by atoms with Crippen LogP contribution in [0.15, 0.2) is 24.3 Å². The summed E-state index contributed by atoms with van der Waals surface area (Å²) < 4.78 is 5.95. The molecular formula is C22H38N2O. The molecule has 25 heavy (non-hydrogen) atoms. The number of hydrogen-bond donors (Lipinski definition) is 0. The minimum absolute atomic E-state index is 0.331. The summed E-state index contributed by atoms with van der Waals surface area (Å²) in [5.41, 5.74) is 2.11. The van der Waals surface area contributed by atoms with Crippen LogP contribution in [0.4, 0.5) is 0 Å². The van der Waals surface area contributed by atoms with E-state index in [1.807, 2.05) is 0 Å². The highest BCUT2D eigenvalue weighted by atomic mass is 16.5. The smallest absolute Gasteiger partial charge is 0.119 e. The Morgan fingerprint density at radius 1 is 0.800 bits per heavy atom. The molecule has 1 saturated heterocycles. The monoisotopic (exact) mass is 346 g/mol. The molecule has 0 bridgehead atoms. The van der Waals surface area contributed by atoms with E-state index in [4.69, 9.17) is 4.74 Å². The van der Waals surface area contributed by atoms with Gasteiger partial charge in [-0.3, -0.25) is 4.90 Å². The fourth-order valence-corrected chi connectivity index (χ4v) is 3.45. The molecule has 1 aliphatic heterocycles. The zero-order valence-corrected chi connectivity index (χ0v) is 17.3. The van der Waals surface area contributed by atoms with Crippen LogP contribution in [0, 0.1) is 10.8 Å². The van der Waals surface area contributed by atoms with Crippen LogP contribution < -0.4 is 4.74 Å². The van der Waals surface area contributed by atoms with Gasteiger partial charge in [0.15, 0.2) is 0 Å².